The van der Waals surface area contributed by atoms with Gasteiger partial charge in [-0.15, -0.1) is 0 Å². The van der Waals surface area contributed by atoms with Crippen LogP contribution in [0.5, 0.6) is 0 Å². The van der Waals surface area contributed by atoms with Gasteiger partial charge in [-0.1, -0.05) is 86.5 Å². The molecule has 0 aromatic heterocycles. The average molecular weight is 366 g/mol. The summed E-state index contributed by atoms with van der Waals surface area (Å²) in [5, 5.41) is 16.5. The van der Waals surface area contributed by atoms with E-state index >= 15 is 0 Å². The maximum Gasteiger partial charge on any atom is 0.330 e. The molecule has 2 N–H and O–H groups in total. The smallest absolute Gasteiger partial charge is 0.330 e. The van der Waals surface area contributed by atoms with Crippen LogP contribution in [0.2, 0.25) is 0 Å². The van der Waals surface area contributed by atoms with Crippen molar-refractivity contribution in [3.8, 4) is 0 Å². The van der Waals surface area contributed by atoms with Gasteiger partial charge in [0.2, 0.25) is 0 Å². The molecule has 4 nitrogen and oxygen atoms in total. The molecule has 0 radical (unpaired) electrons. The summed E-state index contributed by atoms with van der Waals surface area (Å²) in [6, 6.07) is 19.8. The highest BCUT2D eigenvalue weighted by molar-refractivity contribution is 5.85. The first kappa shape index (κ1) is 23.6. The van der Waals surface area contributed by atoms with Crippen molar-refractivity contribution >= 4 is 18.0 Å². The number of carboxylic acid groups (broad SMARTS) is 2. The quantitative estimate of drug-likeness (QED) is 0.686. The van der Waals surface area contributed by atoms with Crippen LogP contribution in [-0.2, 0) is 16.0 Å². The van der Waals surface area contributed by atoms with Gasteiger partial charge in [-0.2, -0.15) is 0 Å². The van der Waals surface area contributed by atoms with Crippen molar-refractivity contribution in [2.45, 2.75) is 19.8 Å². The Labute approximate surface area is 160 Å². The highest BCUT2D eigenvalue weighted by atomic mass is 16.4. The van der Waals surface area contributed by atoms with E-state index in [0.717, 1.165) is 12.0 Å². The van der Waals surface area contributed by atoms with Crippen LogP contribution >= 0.6 is 0 Å². The van der Waals surface area contributed by atoms with E-state index in [0.29, 0.717) is 6.42 Å². The number of aliphatic carboxylic acids is 2. The standard InChI is InChI=1S/C11H12O2.C8H8.C4H6O2/c1-9(11(12)13)7-8-10-5-3-2-4-6-10;1-2-8-6-4-3-5-7-8;1-3(2)4(5)6/h2-6H,1,7-8H2,(H,12,13);2-7H,1H2;1H2,2H3,(H,5,6). The van der Waals surface area contributed by atoms with Crippen molar-refractivity contribution < 1.29 is 19.8 Å². The minimum atomic E-state index is -0.935. The van der Waals surface area contributed by atoms with Crippen LogP contribution in [0, 0.1) is 0 Å². The summed E-state index contributed by atoms with van der Waals surface area (Å²) >= 11 is 0. The minimum absolute atomic E-state index is 0.176. The van der Waals surface area contributed by atoms with Gasteiger partial charge in [-0.05, 0) is 30.9 Å². The molecule has 0 aliphatic carbocycles. The summed E-state index contributed by atoms with van der Waals surface area (Å²) in [5.41, 5.74) is 2.76. The van der Waals surface area contributed by atoms with E-state index in [1.807, 2.05) is 66.7 Å². The fourth-order valence-corrected chi connectivity index (χ4v) is 1.64. The molecule has 0 bridgehead atoms. The minimum Gasteiger partial charge on any atom is -0.478 e. The number of hydrogen-bond donors (Lipinski definition) is 2. The van der Waals surface area contributed by atoms with E-state index in [-0.39, 0.29) is 11.1 Å². The molecular formula is C23H26O4. The first-order valence-electron chi connectivity index (χ1n) is 8.29. The van der Waals surface area contributed by atoms with Gasteiger partial charge in [0.15, 0.2) is 0 Å². The molecule has 2 rings (SSSR count). The maximum absolute atomic E-state index is 10.4. The Morgan fingerprint density at radius 3 is 1.67 bits per heavy atom. The van der Waals surface area contributed by atoms with Gasteiger partial charge in [0.25, 0.3) is 0 Å². The number of benzene rings is 2. The first-order chi connectivity index (χ1) is 12.8. The molecule has 4 heteroatoms. The number of aryl methyl sites for hydroxylation is 1. The van der Waals surface area contributed by atoms with E-state index in [1.165, 1.54) is 12.5 Å². The highest BCUT2D eigenvalue weighted by Crippen LogP contribution is 2.07. The van der Waals surface area contributed by atoms with Gasteiger partial charge in [0, 0.05) is 11.1 Å². The molecule has 0 amide bonds. The third-order valence-corrected chi connectivity index (χ3v) is 3.26. The van der Waals surface area contributed by atoms with Gasteiger partial charge in [-0.25, -0.2) is 9.59 Å². The summed E-state index contributed by atoms with van der Waals surface area (Å²) in [4.78, 5) is 20.0. The van der Waals surface area contributed by atoms with Crippen LogP contribution in [0.3, 0.4) is 0 Å². The molecule has 0 unspecified atom stereocenters. The number of hydrogen-bond acceptors (Lipinski definition) is 2. The van der Waals surface area contributed by atoms with Crippen molar-refractivity contribution in [1.29, 1.82) is 0 Å². The molecule has 0 atom stereocenters. The van der Waals surface area contributed by atoms with E-state index in [1.54, 1.807) is 0 Å². The van der Waals surface area contributed by atoms with Gasteiger partial charge in [0.1, 0.15) is 0 Å². The summed E-state index contributed by atoms with van der Waals surface area (Å²) in [6.07, 6.45) is 3.09. The van der Waals surface area contributed by atoms with Crippen LogP contribution in [0.25, 0.3) is 6.08 Å². The molecule has 0 aliphatic heterocycles. The van der Waals surface area contributed by atoms with Crippen molar-refractivity contribution in [2.24, 2.45) is 0 Å². The average Bonchev–Trinajstić information content (AvgIpc) is 2.68. The van der Waals surface area contributed by atoms with Crippen LogP contribution in [0.1, 0.15) is 24.5 Å². The predicted molar refractivity (Wildman–Crippen MR) is 111 cm³/mol. The molecule has 0 spiro atoms. The lowest BCUT2D eigenvalue weighted by molar-refractivity contribution is -0.133. The van der Waals surface area contributed by atoms with Gasteiger partial charge in [0.05, 0.1) is 0 Å². The summed E-state index contributed by atoms with van der Waals surface area (Å²) in [5.74, 6) is -1.84. The van der Waals surface area contributed by atoms with Crippen molar-refractivity contribution in [3.05, 3.63) is 103 Å². The first-order valence-corrected chi connectivity index (χ1v) is 8.29. The molecule has 0 heterocycles. The molecule has 2 aromatic carbocycles. The Morgan fingerprint density at radius 1 is 0.889 bits per heavy atom. The Balaban J connectivity index is 0.000000413. The van der Waals surface area contributed by atoms with Gasteiger partial charge < -0.3 is 10.2 Å². The second kappa shape index (κ2) is 13.8. The lowest BCUT2D eigenvalue weighted by Gasteiger charge is -2.00. The molecule has 142 valence electrons. The third kappa shape index (κ3) is 12.6. The normalized spacial score (nSPS) is 8.78. The monoisotopic (exact) mass is 366 g/mol. The Hall–Kier alpha value is -3.40. The second-order valence-corrected chi connectivity index (χ2v) is 5.59. The maximum atomic E-state index is 10.4. The lowest BCUT2D eigenvalue weighted by atomic mass is 10.1. The largest absolute Gasteiger partial charge is 0.478 e. The van der Waals surface area contributed by atoms with E-state index < -0.39 is 11.9 Å². The fourth-order valence-electron chi connectivity index (χ4n) is 1.64. The van der Waals surface area contributed by atoms with Gasteiger partial charge in [-0.3, -0.25) is 0 Å². The molecule has 0 saturated heterocycles. The summed E-state index contributed by atoms with van der Waals surface area (Å²) < 4.78 is 0. The van der Waals surface area contributed by atoms with Gasteiger partial charge >= 0.3 is 11.9 Å². The SMILES string of the molecule is C=C(C)C(=O)O.C=C(CCc1ccccc1)C(=O)O.C=Cc1ccccc1. The predicted octanol–water partition coefficient (Wildman–Crippen LogP) is 5.24. The molecule has 2 aromatic rings. The Morgan fingerprint density at radius 2 is 1.33 bits per heavy atom. The topological polar surface area (TPSA) is 74.6 Å². The van der Waals surface area contributed by atoms with E-state index in [4.69, 9.17) is 10.2 Å². The van der Waals surface area contributed by atoms with E-state index in [2.05, 4.69) is 19.7 Å². The van der Waals surface area contributed by atoms with Crippen LogP contribution in [0.15, 0.2) is 91.5 Å². The second-order valence-electron chi connectivity index (χ2n) is 5.59. The van der Waals surface area contributed by atoms with Crippen LogP contribution in [0.4, 0.5) is 0 Å². The van der Waals surface area contributed by atoms with Crippen molar-refractivity contribution in [3.63, 3.8) is 0 Å². The summed E-state index contributed by atoms with van der Waals surface area (Å²) in [7, 11) is 0. The van der Waals surface area contributed by atoms with Crippen LogP contribution < -0.4 is 0 Å². The van der Waals surface area contributed by atoms with Crippen molar-refractivity contribution in [2.75, 3.05) is 0 Å². The molecule has 27 heavy (non-hydrogen) atoms. The lowest BCUT2D eigenvalue weighted by Crippen LogP contribution is -2.00. The van der Waals surface area contributed by atoms with Crippen molar-refractivity contribution in [1.82, 2.24) is 0 Å². The zero-order valence-corrected chi connectivity index (χ0v) is 15.6. The van der Waals surface area contributed by atoms with Crippen LogP contribution in [-0.4, -0.2) is 22.2 Å². The number of carboxylic acids is 2. The van der Waals surface area contributed by atoms with E-state index in [9.17, 15) is 9.59 Å². The Bertz CT molecular complexity index is 734. The highest BCUT2D eigenvalue weighted by Gasteiger charge is 2.03. The zero-order valence-electron chi connectivity index (χ0n) is 15.6. The molecular weight excluding hydrogens is 340 g/mol. The number of carbonyl (C=O) groups is 2. The molecule has 0 aliphatic rings. The molecule has 0 fully saturated rings. The zero-order chi connectivity index (χ0) is 20.7. The molecule has 0 saturated carbocycles. The fraction of sp³-hybridized carbons (Fsp3) is 0.130. The number of rotatable bonds is 6. The third-order valence-electron chi connectivity index (χ3n) is 3.26. The Kier molecular flexibility index (Phi) is 12.1. The summed E-state index contributed by atoms with van der Waals surface area (Å²) in [6.45, 7) is 11.7.